The second kappa shape index (κ2) is 12.9. The molecule has 1 N–H and O–H groups in total. The minimum atomic E-state index is -1.03. The van der Waals surface area contributed by atoms with Crippen molar-refractivity contribution in [1.29, 1.82) is 0 Å². The quantitative estimate of drug-likeness (QED) is 0.179. The third kappa shape index (κ3) is 8.15. The van der Waals surface area contributed by atoms with Crippen LogP contribution < -0.4 is 9.47 Å². The maximum absolute atomic E-state index is 11.0. The molecule has 0 fully saturated rings. The van der Waals surface area contributed by atoms with Crippen LogP contribution in [0, 0.1) is 0 Å². The van der Waals surface area contributed by atoms with Crippen LogP contribution in [0.3, 0.4) is 0 Å². The number of aryl methyl sites for hydroxylation is 1. The molecule has 0 unspecified atom stereocenters. The number of hydrogen-bond donors (Lipinski definition) is 1. The normalized spacial score (nSPS) is 11.0. The third-order valence-electron chi connectivity index (χ3n) is 4.82. The van der Waals surface area contributed by atoms with Crippen molar-refractivity contribution in [1.82, 2.24) is 4.98 Å². The molecule has 172 valence electrons. The lowest BCUT2D eigenvalue weighted by Crippen LogP contribution is -2.02. The van der Waals surface area contributed by atoms with E-state index in [-0.39, 0.29) is 0 Å². The number of benzene rings is 2. The highest BCUT2D eigenvalue weighted by atomic mass is 35.5. The van der Waals surface area contributed by atoms with Crippen molar-refractivity contribution in [3.05, 3.63) is 88.7 Å². The van der Waals surface area contributed by atoms with E-state index in [9.17, 15) is 4.79 Å². The van der Waals surface area contributed by atoms with Gasteiger partial charge < -0.3 is 14.6 Å². The highest BCUT2D eigenvalue weighted by Gasteiger charge is 2.08. The number of carboxylic acids is 1. The Balaban J connectivity index is 1.56. The molecule has 3 aromatic rings. The second-order valence-electron chi connectivity index (χ2n) is 7.23. The zero-order chi connectivity index (χ0) is 23.5. The van der Waals surface area contributed by atoms with Gasteiger partial charge in [0, 0.05) is 16.7 Å². The van der Waals surface area contributed by atoms with Crippen molar-refractivity contribution >= 4 is 35.4 Å². The van der Waals surface area contributed by atoms with Crippen LogP contribution in [0.15, 0.2) is 71.6 Å². The van der Waals surface area contributed by atoms with Crippen LogP contribution in [0.25, 0.3) is 6.08 Å². The van der Waals surface area contributed by atoms with Crippen LogP contribution in [0.5, 0.6) is 11.5 Å². The van der Waals surface area contributed by atoms with Crippen molar-refractivity contribution in [3.63, 3.8) is 0 Å². The molecule has 0 aliphatic carbocycles. The van der Waals surface area contributed by atoms with Gasteiger partial charge in [-0.1, -0.05) is 35.9 Å². The predicted octanol–water partition coefficient (Wildman–Crippen LogP) is 6.54. The predicted molar refractivity (Wildman–Crippen MR) is 133 cm³/mol. The molecule has 0 atom stereocenters. The minimum absolute atomic E-state index is 0.504. The summed E-state index contributed by atoms with van der Waals surface area (Å²) in [5.74, 6) is 1.01. The number of ether oxygens (including phenoxy) is 2. The molecular weight excluding hydrogens is 458 g/mol. The van der Waals surface area contributed by atoms with Crippen molar-refractivity contribution in [2.75, 3.05) is 13.7 Å². The first kappa shape index (κ1) is 24.7. The third-order valence-corrected chi connectivity index (χ3v) is 6.36. The van der Waals surface area contributed by atoms with Crippen LogP contribution in [-0.4, -0.2) is 29.8 Å². The van der Waals surface area contributed by atoms with Crippen molar-refractivity contribution in [3.8, 4) is 11.5 Å². The number of carboxylic acid groups (broad SMARTS) is 1. The maximum atomic E-state index is 11.0. The van der Waals surface area contributed by atoms with Gasteiger partial charge in [-0.3, -0.25) is 0 Å². The van der Waals surface area contributed by atoms with Crippen molar-refractivity contribution < 1.29 is 19.4 Å². The van der Waals surface area contributed by atoms with E-state index in [1.165, 1.54) is 11.6 Å². The van der Waals surface area contributed by atoms with Gasteiger partial charge in [0.15, 0.2) is 0 Å². The second-order valence-corrected chi connectivity index (χ2v) is 8.65. The summed E-state index contributed by atoms with van der Waals surface area (Å²) in [5.41, 5.74) is 2.57. The summed E-state index contributed by atoms with van der Waals surface area (Å²) in [4.78, 5) is 16.6. The summed E-state index contributed by atoms with van der Waals surface area (Å²) in [6, 6.07) is 19.4. The topological polar surface area (TPSA) is 68.7 Å². The number of halogens is 1. The number of nitrogens with zero attached hydrogens (tertiary/aromatic N) is 1. The van der Waals surface area contributed by atoms with Gasteiger partial charge in [0.2, 0.25) is 0 Å². The van der Waals surface area contributed by atoms with Crippen LogP contribution in [0.1, 0.15) is 29.8 Å². The number of pyridine rings is 1. The Bertz CT molecular complexity index is 1090. The lowest BCUT2D eigenvalue weighted by molar-refractivity contribution is -0.131. The Morgan fingerprint density at radius 1 is 1.09 bits per heavy atom. The van der Waals surface area contributed by atoms with E-state index in [0.29, 0.717) is 28.8 Å². The van der Waals surface area contributed by atoms with E-state index in [0.717, 1.165) is 41.7 Å². The van der Waals surface area contributed by atoms with E-state index in [1.54, 1.807) is 18.9 Å². The SMILES string of the molecule is COc1ccc(CCCCOc2ccc(CSc3ccccc3Cl)nc2C=CC(=O)O)cc1. The van der Waals surface area contributed by atoms with Crippen molar-refractivity contribution in [2.45, 2.75) is 29.9 Å². The van der Waals surface area contributed by atoms with Gasteiger partial charge in [-0.05, 0) is 67.3 Å². The molecule has 7 heteroatoms. The first-order valence-electron chi connectivity index (χ1n) is 10.6. The number of hydrogen-bond acceptors (Lipinski definition) is 5. The summed E-state index contributed by atoms with van der Waals surface area (Å²) in [5, 5.41) is 9.72. The Morgan fingerprint density at radius 2 is 1.88 bits per heavy atom. The number of aliphatic carboxylic acids is 1. The number of aromatic nitrogens is 1. The van der Waals surface area contributed by atoms with Gasteiger partial charge in [-0.2, -0.15) is 0 Å². The molecular formula is C26H26ClNO4S. The monoisotopic (exact) mass is 483 g/mol. The summed E-state index contributed by atoms with van der Waals surface area (Å²) < 4.78 is 11.1. The van der Waals surface area contributed by atoms with Gasteiger partial charge >= 0.3 is 5.97 Å². The van der Waals surface area contributed by atoms with E-state index in [4.69, 9.17) is 26.2 Å². The number of unbranched alkanes of at least 4 members (excludes halogenated alkanes) is 1. The molecule has 0 saturated carbocycles. The minimum Gasteiger partial charge on any atom is -0.497 e. The van der Waals surface area contributed by atoms with Gasteiger partial charge in [0.1, 0.15) is 17.2 Å². The van der Waals surface area contributed by atoms with E-state index >= 15 is 0 Å². The van der Waals surface area contributed by atoms with Crippen LogP contribution in [0.2, 0.25) is 5.02 Å². The first-order valence-corrected chi connectivity index (χ1v) is 12.0. The van der Waals surface area contributed by atoms with Gasteiger partial charge in [0.25, 0.3) is 0 Å². The number of thioether (sulfide) groups is 1. The first-order chi connectivity index (χ1) is 16.0. The molecule has 2 aromatic carbocycles. The molecule has 0 aliphatic heterocycles. The Labute approximate surface area is 203 Å². The zero-order valence-corrected chi connectivity index (χ0v) is 19.9. The Kier molecular flexibility index (Phi) is 9.66. The highest BCUT2D eigenvalue weighted by Crippen LogP contribution is 2.30. The van der Waals surface area contributed by atoms with Crippen molar-refractivity contribution in [2.24, 2.45) is 0 Å². The lowest BCUT2D eigenvalue weighted by atomic mass is 10.1. The number of carbonyl (C=O) groups is 1. The fourth-order valence-corrected chi connectivity index (χ4v) is 4.24. The molecule has 33 heavy (non-hydrogen) atoms. The summed E-state index contributed by atoms with van der Waals surface area (Å²) >= 11 is 7.80. The molecule has 5 nitrogen and oxygen atoms in total. The number of methoxy groups -OCH3 is 1. The average molecular weight is 484 g/mol. The molecule has 0 amide bonds. The highest BCUT2D eigenvalue weighted by molar-refractivity contribution is 7.98. The smallest absolute Gasteiger partial charge is 0.328 e. The molecule has 0 bridgehead atoms. The summed E-state index contributed by atoms with van der Waals surface area (Å²) in [6.07, 6.45) is 5.35. The standard InChI is InChI=1S/C26H26ClNO4S/c1-31-21-12-9-19(10-13-21)6-4-5-17-32-24-15-11-20(28-23(24)14-16-26(29)30)18-33-25-8-3-2-7-22(25)27/h2-3,7-16H,4-6,17-18H2,1H3,(H,29,30). The Hall–Kier alpha value is -2.96. The molecule has 3 rings (SSSR count). The zero-order valence-electron chi connectivity index (χ0n) is 18.4. The molecule has 0 aliphatic rings. The van der Waals surface area contributed by atoms with Gasteiger partial charge in [-0.25, -0.2) is 9.78 Å². The van der Waals surface area contributed by atoms with Gasteiger partial charge in [-0.15, -0.1) is 11.8 Å². The lowest BCUT2D eigenvalue weighted by Gasteiger charge is -2.11. The largest absolute Gasteiger partial charge is 0.497 e. The fraction of sp³-hybridized carbons (Fsp3) is 0.231. The Morgan fingerprint density at radius 3 is 2.61 bits per heavy atom. The van der Waals surface area contributed by atoms with Crippen LogP contribution >= 0.6 is 23.4 Å². The summed E-state index contributed by atoms with van der Waals surface area (Å²) in [7, 11) is 1.66. The van der Waals surface area contributed by atoms with Crippen LogP contribution in [-0.2, 0) is 17.0 Å². The summed E-state index contributed by atoms with van der Waals surface area (Å²) in [6.45, 7) is 0.527. The fourth-order valence-electron chi connectivity index (χ4n) is 3.10. The molecule has 1 heterocycles. The maximum Gasteiger partial charge on any atom is 0.328 e. The average Bonchev–Trinajstić information content (AvgIpc) is 2.83. The molecule has 0 spiro atoms. The van der Waals surface area contributed by atoms with E-state index < -0.39 is 5.97 Å². The number of rotatable bonds is 12. The van der Waals surface area contributed by atoms with E-state index in [1.807, 2.05) is 48.5 Å². The van der Waals surface area contributed by atoms with Gasteiger partial charge in [0.05, 0.1) is 24.4 Å². The molecule has 0 saturated heterocycles. The molecule has 1 aromatic heterocycles. The van der Waals surface area contributed by atoms with Crippen LogP contribution in [0.4, 0.5) is 0 Å². The van der Waals surface area contributed by atoms with E-state index in [2.05, 4.69) is 17.1 Å². The molecule has 0 radical (unpaired) electrons.